The van der Waals surface area contributed by atoms with Gasteiger partial charge in [-0.2, -0.15) is 0 Å². The predicted octanol–water partition coefficient (Wildman–Crippen LogP) is 2.78. The van der Waals surface area contributed by atoms with Gasteiger partial charge in [-0.15, -0.1) is 11.3 Å². The fourth-order valence-electron chi connectivity index (χ4n) is 3.23. The Morgan fingerprint density at radius 1 is 1.19 bits per heavy atom. The van der Waals surface area contributed by atoms with Gasteiger partial charge >= 0.3 is 5.97 Å². The number of esters is 1. The molecule has 1 fully saturated rings. The van der Waals surface area contributed by atoms with Gasteiger partial charge in [0.25, 0.3) is 5.91 Å². The maximum atomic E-state index is 13.0. The monoisotopic (exact) mass is 439 g/mol. The lowest BCUT2D eigenvalue weighted by molar-refractivity contribution is 0.0602. The molecule has 0 aliphatic carbocycles. The Labute approximate surface area is 183 Å². The summed E-state index contributed by atoms with van der Waals surface area (Å²) in [6.07, 6.45) is 3.24. The topological polar surface area (TPSA) is 107 Å². The molecule has 31 heavy (non-hydrogen) atoms. The average molecular weight is 439 g/mol. The number of nitrogens with one attached hydrogen (secondary N) is 1. The van der Waals surface area contributed by atoms with E-state index < -0.39 is 5.97 Å². The number of hydrogen-bond donors (Lipinski definition) is 1. The fourth-order valence-corrected chi connectivity index (χ4v) is 4.14. The third-order valence-electron chi connectivity index (χ3n) is 4.79. The van der Waals surface area contributed by atoms with Crippen molar-refractivity contribution in [2.24, 2.45) is 0 Å². The fraction of sp³-hybridized carbons (Fsp3) is 0.286. The summed E-state index contributed by atoms with van der Waals surface area (Å²) in [5.41, 5.74) is 2.10. The van der Waals surface area contributed by atoms with Crippen LogP contribution in [0.15, 0.2) is 36.7 Å². The smallest absolute Gasteiger partial charge is 0.340 e. The highest BCUT2D eigenvalue weighted by Gasteiger charge is 2.22. The van der Waals surface area contributed by atoms with Crippen LogP contribution in [0, 0.1) is 6.92 Å². The number of ether oxygens (including phenoxy) is 2. The number of amides is 1. The second kappa shape index (κ2) is 9.19. The summed E-state index contributed by atoms with van der Waals surface area (Å²) in [6.45, 7) is 4.47. The van der Waals surface area contributed by atoms with E-state index in [-0.39, 0.29) is 11.5 Å². The van der Waals surface area contributed by atoms with Crippen LogP contribution in [0.3, 0.4) is 0 Å². The number of carbonyl (C=O) groups excluding carboxylic acids is 2. The minimum absolute atomic E-state index is 0.286. The van der Waals surface area contributed by atoms with E-state index in [0.29, 0.717) is 40.3 Å². The van der Waals surface area contributed by atoms with Crippen LogP contribution in [0.1, 0.15) is 25.7 Å². The van der Waals surface area contributed by atoms with Crippen LogP contribution in [0.2, 0.25) is 0 Å². The quantitative estimate of drug-likeness (QED) is 0.605. The molecule has 160 valence electrons. The van der Waals surface area contributed by atoms with Crippen LogP contribution >= 0.6 is 11.3 Å². The van der Waals surface area contributed by atoms with Crippen LogP contribution in [0.5, 0.6) is 0 Å². The van der Waals surface area contributed by atoms with E-state index >= 15 is 0 Å². The number of aromatic nitrogens is 3. The Bertz CT molecular complexity index is 1100. The maximum absolute atomic E-state index is 13.0. The van der Waals surface area contributed by atoms with E-state index in [4.69, 9.17) is 9.47 Å². The van der Waals surface area contributed by atoms with E-state index in [1.54, 1.807) is 37.5 Å². The van der Waals surface area contributed by atoms with Gasteiger partial charge in [0.15, 0.2) is 10.8 Å². The summed E-state index contributed by atoms with van der Waals surface area (Å²) in [5.74, 6) is -0.425. The molecule has 1 aliphatic rings. The molecule has 1 aliphatic heterocycles. The second-order valence-electron chi connectivity index (χ2n) is 6.78. The second-order valence-corrected chi connectivity index (χ2v) is 7.78. The number of aryl methyl sites for hydroxylation is 1. The van der Waals surface area contributed by atoms with Crippen molar-refractivity contribution in [3.05, 3.63) is 52.8 Å². The number of carbonyl (C=O) groups is 2. The molecule has 3 heterocycles. The van der Waals surface area contributed by atoms with Gasteiger partial charge in [-0.3, -0.25) is 4.79 Å². The van der Waals surface area contributed by atoms with E-state index in [2.05, 4.69) is 25.2 Å². The molecular formula is C21H21N5O4S. The summed E-state index contributed by atoms with van der Waals surface area (Å²) >= 11 is 1.20. The first-order valence-corrected chi connectivity index (χ1v) is 10.5. The number of methoxy groups -OCH3 is 1. The molecule has 1 amide bonds. The predicted molar refractivity (Wildman–Crippen MR) is 117 cm³/mol. The number of rotatable bonds is 5. The number of benzene rings is 1. The molecule has 1 aromatic carbocycles. The molecule has 1 saturated heterocycles. The first kappa shape index (κ1) is 20.9. The van der Waals surface area contributed by atoms with Gasteiger partial charge in [0, 0.05) is 31.2 Å². The van der Waals surface area contributed by atoms with Crippen molar-refractivity contribution in [3.8, 4) is 10.8 Å². The highest BCUT2D eigenvalue weighted by Crippen LogP contribution is 2.28. The molecule has 0 atom stereocenters. The molecule has 0 spiro atoms. The van der Waals surface area contributed by atoms with Gasteiger partial charge in [-0.1, -0.05) is 0 Å². The Balaban J connectivity index is 1.60. The van der Waals surface area contributed by atoms with Crippen molar-refractivity contribution in [2.45, 2.75) is 6.92 Å². The molecule has 10 heteroatoms. The van der Waals surface area contributed by atoms with Gasteiger partial charge in [-0.05, 0) is 31.2 Å². The number of thiazole rings is 1. The molecule has 4 rings (SSSR count). The molecule has 0 bridgehead atoms. The molecular weight excluding hydrogens is 418 g/mol. The van der Waals surface area contributed by atoms with E-state index in [0.717, 1.165) is 18.8 Å². The zero-order valence-electron chi connectivity index (χ0n) is 17.1. The van der Waals surface area contributed by atoms with Crippen molar-refractivity contribution in [3.63, 3.8) is 0 Å². The van der Waals surface area contributed by atoms with Gasteiger partial charge in [0.2, 0.25) is 0 Å². The minimum Gasteiger partial charge on any atom is -0.465 e. The lowest BCUT2D eigenvalue weighted by Gasteiger charge is -2.29. The molecule has 1 N–H and O–H groups in total. The molecule has 3 aromatic rings. The number of morpholine rings is 1. The van der Waals surface area contributed by atoms with Crippen molar-refractivity contribution >= 4 is 34.6 Å². The molecule has 0 unspecified atom stereocenters. The highest BCUT2D eigenvalue weighted by atomic mass is 32.1. The number of anilines is 2. The Hall–Kier alpha value is -3.37. The number of nitrogens with zero attached hydrogens (tertiary/aromatic N) is 4. The molecule has 2 aromatic heterocycles. The first-order valence-electron chi connectivity index (χ1n) is 9.68. The van der Waals surface area contributed by atoms with Gasteiger partial charge in [0.1, 0.15) is 4.88 Å². The van der Waals surface area contributed by atoms with Crippen LogP contribution in [0.25, 0.3) is 10.8 Å². The summed E-state index contributed by atoms with van der Waals surface area (Å²) in [5, 5.41) is 3.38. The summed E-state index contributed by atoms with van der Waals surface area (Å²) in [6, 6.07) is 7.03. The molecule has 9 nitrogen and oxygen atoms in total. The van der Waals surface area contributed by atoms with Crippen LogP contribution in [-0.4, -0.2) is 60.2 Å². The normalized spacial score (nSPS) is 13.7. The van der Waals surface area contributed by atoms with Crippen LogP contribution in [-0.2, 0) is 9.47 Å². The summed E-state index contributed by atoms with van der Waals surface area (Å²) in [4.78, 5) is 40.7. The third kappa shape index (κ3) is 4.54. The third-order valence-corrected chi connectivity index (χ3v) is 5.94. The summed E-state index contributed by atoms with van der Waals surface area (Å²) in [7, 11) is 1.31. The van der Waals surface area contributed by atoms with Crippen molar-refractivity contribution in [2.75, 3.05) is 43.6 Å². The van der Waals surface area contributed by atoms with Crippen molar-refractivity contribution in [1.29, 1.82) is 0 Å². The molecule has 0 saturated carbocycles. The zero-order chi connectivity index (χ0) is 21.8. The van der Waals surface area contributed by atoms with Gasteiger partial charge < -0.3 is 19.7 Å². The standard InChI is InChI=1S/C21H21N5O4S/c1-13-17(31-20(24-13)18-22-6-3-7-23-18)19(27)25-16-5-4-14(12-15(16)21(28)29-2)26-8-10-30-11-9-26/h3-7,12H,8-11H2,1-2H3,(H,25,27). The SMILES string of the molecule is COC(=O)c1cc(N2CCOCC2)ccc1NC(=O)c1sc(-c2ncccn2)nc1C. The minimum atomic E-state index is -0.523. The lowest BCUT2D eigenvalue weighted by atomic mass is 10.1. The molecule has 0 radical (unpaired) electrons. The van der Waals surface area contributed by atoms with E-state index in [9.17, 15) is 9.59 Å². The van der Waals surface area contributed by atoms with E-state index in [1.165, 1.54) is 18.4 Å². The highest BCUT2D eigenvalue weighted by molar-refractivity contribution is 7.17. The largest absolute Gasteiger partial charge is 0.465 e. The first-order chi connectivity index (χ1) is 15.1. The average Bonchev–Trinajstić information content (AvgIpc) is 3.21. The summed E-state index contributed by atoms with van der Waals surface area (Å²) < 4.78 is 10.3. The van der Waals surface area contributed by atoms with Gasteiger partial charge in [-0.25, -0.2) is 19.7 Å². The Morgan fingerprint density at radius 2 is 1.94 bits per heavy atom. The Kier molecular flexibility index (Phi) is 6.19. The zero-order valence-corrected chi connectivity index (χ0v) is 17.9. The maximum Gasteiger partial charge on any atom is 0.340 e. The number of hydrogen-bond acceptors (Lipinski definition) is 9. The van der Waals surface area contributed by atoms with Crippen molar-refractivity contribution in [1.82, 2.24) is 15.0 Å². The van der Waals surface area contributed by atoms with Crippen LogP contribution in [0.4, 0.5) is 11.4 Å². The van der Waals surface area contributed by atoms with Gasteiger partial charge in [0.05, 0.1) is 37.3 Å². The Morgan fingerprint density at radius 3 is 2.65 bits per heavy atom. The van der Waals surface area contributed by atoms with Crippen LogP contribution < -0.4 is 10.2 Å². The van der Waals surface area contributed by atoms with E-state index in [1.807, 2.05) is 6.07 Å². The lowest BCUT2D eigenvalue weighted by Crippen LogP contribution is -2.36. The van der Waals surface area contributed by atoms with Crippen molar-refractivity contribution < 1.29 is 19.1 Å².